The van der Waals surface area contributed by atoms with Crippen LogP contribution in [0.15, 0.2) is 46.6 Å². The Morgan fingerprint density at radius 1 is 1.22 bits per heavy atom. The number of hydrogen-bond donors (Lipinski definition) is 1. The van der Waals surface area contributed by atoms with Crippen LogP contribution in [-0.2, 0) is 20.9 Å². The molecule has 140 valence electrons. The highest BCUT2D eigenvalue weighted by Gasteiger charge is 2.14. The molecule has 0 aliphatic rings. The normalized spacial score (nSPS) is 10.6. The van der Waals surface area contributed by atoms with Crippen molar-refractivity contribution in [1.82, 2.24) is 5.32 Å². The zero-order chi connectivity index (χ0) is 19.6. The molecule has 1 aromatic heterocycles. The highest BCUT2D eigenvalue weighted by molar-refractivity contribution is 5.98. The number of amides is 1. The summed E-state index contributed by atoms with van der Waals surface area (Å²) in [7, 11) is 3.05. The van der Waals surface area contributed by atoms with E-state index < -0.39 is 18.5 Å². The molecule has 0 saturated carbocycles. The van der Waals surface area contributed by atoms with E-state index in [0.717, 1.165) is 5.56 Å². The molecule has 0 unspecified atom stereocenters. The Morgan fingerprint density at radius 3 is 2.63 bits per heavy atom. The van der Waals surface area contributed by atoms with E-state index >= 15 is 0 Å². The summed E-state index contributed by atoms with van der Waals surface area (Å²) in [6.45, 7) is -0.298. The van der Waals surface area contributed by atoms with Crippen molar-refractivity contribution in [3.63, 3.8) is 0 Å². The summed E-state index contributed by atoms with van der Waals surface area (Å²) in [5.41, 5.74) is 0.514. The van der Waals surface area contributed by atoms with Crippen LogP contribution in [0.25, 0.3) is 6.08 Å². The van der Waals surface area contributed by atoms with E-state index in [4.69, 9.17) is 23.9 Å². The Bertz CT molecular complexity index is 865. The molecule has 8 heteroatoms. The number of carbonyl (C=O) groups is 2. The second kappa shape index (κ2) is 9.68. The van der Waals surface area contributed by atoms with E-state index in [1.54, 1.807) is 36.4 Å². The lowest BCUT2D eigenvalue weighted by molar-refractivity contribution is -0.144. The third-order valence-electron chi connectivity index (χ3n) is 3.44. The molecular formula is C19H18N2O6. The summed E-state index contributed by atoms with van der Waals surface area (Å²) >= 11 is 0. The lowest BCUT2D eigenvalue weighted by atomic mass is 10.2. The summed E-state index contributed by atoms with van der Waals surface area (Å²) < 4.78 is 20.2. The third kappa shape index (κ3) is 5.64. The van der Waals surface area contributed by atoms with E-state index in [0.29, 0.717) is 17.3 Å². The molecule has 27 heavy (non-hydrogen) atoms. The van der Waals surface area contributed by atoms with Gasteiger partial charge in [0.15, 0.2) is 18.1 Å². The molecule has 0 aliphatic heterocycles. The number of nitriles is 1. The van der Waals surface area contributed by atoms with Gasteiger partial charge in [-0.3, -0.25) is 4.79 Å². The minimum Gasteiger partial charge on any atom is -0.493 e. The van der Waals surface area contributed by atoms with E-state index in [1.807, 2.05) is 0 Å². The first-order chi connectivity index (χ1) is 13.1. The Morgan fingerprint density at radius 2 is 2.00 bits per heavy atom. The quantitative estimate of drug-likeness (QED) is 0.430. The summed E-state index contributed by atoms with van der Waals surface area (Å²) in [5, 5.41) is 11.6. The Balaban J connectivity index is 1.85. The largest absolute Gasteiger partial charge is 0.493 e. The van der Waals surface area contributed by atoms with Crippen molar-refractivity contribution < 1.29 is 28.2 Å². The monoisotopic (exact) mass is 370 g/mol. The number of nitrogens with zero attached hydrogens (tertiary/aromatic N) is 1. The Hall–Kier alpha value is -3.73. The average molecular weight is 370 g/mol. The number of methoxy groups -OCH3 is 2. The predicted molar refractivity (Wildman–Crippen MR) is 94.6 cm³/mol. The number of furan rings is 1. The molecule has 2 rings (SSSR count). The molecule has 0 spiro atoms. The van der Waals surface area contributed by atoms with Crippen LogP contribution in [0.1, 0.15) is 11.3 Å². The minimum absolute atomic E-state index is 0.212. The van der Waals surface area contributed by atoms with Crippen molar-refractivity contribution in [3.05, 3.63) is 53.5 Å². The molecule has 2 aromatic rings. The lowest BCUT2D eigenvalue weighted by Gasteiger charge is -2.10. The topological polar surface area (TPSA) is 111 Å². The second-order valence-corrected chi connectivity index (χ2v) is 5.23. The standard InChI is InChI=1S/C19H18N2O6/c1-24-16-6-5-13(8-17(16)25-2)11-21-18(22)12-27-19(23)14(10-20)9-15-4-3-7-26-15/h3-9H,11-12H2,1-2H3,(H,21,22)/b14-9+. The van der Waals surface area contributed by atoms with Crippen LogP contribution in [0.2, 0.25) is 0 Å². The minimum atomic E-state index is -0.907. The van der Waals surface area contributed by atoms with Crippen molar-refractivity contribution in [2.45, 2.75) is 6.54 Å². The fourth-order valence-electron chi connectivity index (χ4n) is 2.10. The fourth-order valence-corrected chi connectivity index (χ4v) is 2.10. The van der Waals surface area contributed by atoms with E-state index in [-0.39, 0.29) is 12.1 Å². The molecule has 8 nitrogen and oxygen atoms in total. The average Bonchev–Trinajstić information content (AvgIpc) is 3.21. The number of benzene rings is 1. The summed E-state index contributed by atoms with van der Waals surface area (Å²) in [6, 6.07) is 10.1. The maximum absolute atomic E-state index is 11.9. The van der Waals surface area contributed by atoms with Gasteiger partial charge in [0.25, 0.3) is 5.91 Å². The second-order valence-electron chi connectivity index (χ2n) is 5.23. The van der Waals surface area contributed by atoms with Crippen molar-refractivity contribution in [2.75, 3.05) is 20.8 Å². The molecule has 1 N–H and O–H groups in total. The van der Waals surface area contributed by atoms with Gasteiger partial charge in [-0.05, 0) is 29.8 Å². The van der Waals surface area contributed by atoms with E-state index in [9.17, 15) is 9.59 Å². The van der Waals surface area contributed by atoms with Gasteiger partial charge in [-0.25, -0.2) is 4.79 Å². The van der Waals surface area contributed by atoms with Crippen LogP contribution >= 0.6 is 0 Å². The molecule has 1 heterocycles. The highest BCUT2D eigenvalue weighted by atomic mass is 16.5. The lowest BCUT2D eigenvalue weighted by Crippen LogP contribution is -2.28. The van der Waals surface area contributed by atoms with Gasteiger partial charge in [0.1, 0.15) is 17.4 Å². The van der Waals surface area contributed by atoms with Crippen molar-refractivity contribution >= 4 is 18.0 Å². The maximum atomic E-state index is 11.9. The van der Waals surface area contributed by atoms with Gasteiger partial charge in [0.05, 0.1) is 20.5 Å². The number of hydrogen-bond acceptors (Lipinski definition) is 7. The molecule has 0 bridgehead atoms. The fraction of sp³-hybridized carbons (Fsp3) is 0.211. The summed E-state index contributed by atoms with van der Waals surface area (Å²) in [4.78, 5) is 23.7. The first-order valence-electron chi connectivity index (χ1n) is 7.87. The number of carbonyl (C=O) groups excluding carboxylic acids is 2. The van der Waals surface area contributed by atoms with Gasteiger partial charge in [-0.2, -0.15) is 5.26 Å². The molecular weight excluding hydrogens is 352 g/mol. The molecule has 0 atom stereocenters. The number of nitrogens with one attached hydrogen (secondary N) is 1. The molecule has 1 amide bonds. The highest BCUT2D eigenvalue weighted by Crippen LogP contribution is 2.27. The third-order valence-corrected chi connectivity index (χ3v) is 3.44. The number of rotatable bonds is 8. The van der Waals surface area contributed by atoms with Crippen molar-refractivity contribution in [1.29, 1.82) is 5.26 Å². The first kappa shape index (κ1) is 19.6. The number of ether oxygens (including phenoxy) is 3. The van der Waals surface area contributed by atoms with Crippen molar-refractivity contribution in [2.24, 2.45) is 0 Å². The summed E-state index contributed by atoms with van der Waals surface area (Å²) in [5.74, 6) is 0.0382. The zero-order valence-electron chi connectivity index (χ0n) is 14.9. The number of esters is 1. The van der Waals surface area contributed by atoms with Crippen LogP contribution < -0.4 is 14.8 Å². The zero-order valence-corrected chi connectivity index (χ0v) is 14.9. The maximum Gasteiger partial charge on any atom is 0.349 e. The van der Waals surface area contributed by atoms with Gasteiger partial charge < -0.3 is 23.9 Å². The molecule has 1 aromatic carbocycles. The van der Waals surface area contributed by atoms with E-state index in [2.05, 4.69) is 5.32 Å². The molecule has 0 radical (unpaired) electrons. The molecule has 0 aliphatic carbocycles. The van der Waals surface area contributed by atoms with Gasteiger partial charge in [0.2, 0.25) is 0 Å². The van der Waals surface area contributed by atoms with Gasteiger partial charge in [-0.1, -0.05) is 6.07 Å². The van der Waals surface area contributed by atoms with Gasteiger partial charge >= 0.3 is 5.97 Å². The van der Waals surface area contributed by atoms with Gasteiger partial charge in [0, 0.05) is 12.6 Å². The SMILES string of the molecule is COc1ccc(CNC(=O)COC(=O)/C(C#N)=C/c2ccco2)cc1OC. The van der Waals surface area contributed by atoms with Crippen LogP contribution in [-0.4, -0.2) is 32.7 Å². The van der Waals surface area contributed by atoms with Crippen molar-refractivity contribution in [3.8, 4) is 17.6 Å². The summed E-state index contributed by atoms with van der Waals surface area (Å²) in [6.07, 6.45) is 2.65. The first-order valence-corrected chi connectivity index (χ1v) is 7.87. The van der Waals surface area contributed by atoms with Crippen LogP contribution in [0, 0.1) is 11.3 Å². The Kier molecular flexibility index (Phi) is 7.02. The van der Waals surface area contributed by atoms with E-state index in [1.165, 1.54) is 26.6 Å². The Labute approximate surface area is 155 Å². The molecule has 0 fully saturated rings. The smallest absolute Gasteiger partial charge is 0.349 e. The van der Waals surface area contributed by atoms with Crippen LogP contribution in [0.3, 0.4) is 0 Å². The predicted octanol–water partition coefficient (Wildman–Crippen LogP) is 2.06. The van der Waals surface area contributed by atoms with Gasteiger partial charge in [-0.15, -0.1) is 0 Å². The van der Waals surface area contributed by atoms with Crippen LogP contribution in [0.5, 0.6) is 11.5 Å². The van der Waals surface area contributed by atoms with Crippen LogP contribution in [0.4, 0.5) is 0 Å². The molecule has 0 saturated heterocycles.